The second-order valence-corrected chi connectivity index (χ2v) is 15.3. The SMILES string of the molecule is CC1(C)c2ccccc2-c2c(-c3ccc(N(c4ccc(-c5ccc(F)cc5)cc4)c4cccc5c4sc4c6ccccc6ccc54)cc3)cccc21. The van der Waals surface area contributed by atoms with E-state index in [0.717, 1.165) is 28.2 Å². The maximum absolute atomic E-state index is 13.7. The molecule has 3 heteroatoms. The van der Waals surface area contributed by atoms with Crippen LogP contribution in [0.25, 0.3) is 64.3 Å². The second-order valence-electron chi connectivity index (χ2n) is 14.3. The van der Waals surface area contributed by atoms with Crippen LogP contribution in [0.3, 0.4) is 0 Å². The van der Waals surface area contributed by atoms with Gasteiger partial charge in [-0.25, -0.2) is 4.39 Å². The zero-order valence-corrected chi connectivity index (χ0v) is 29.7. The summed E-state index contributed by atoms with van der Waals surface area (Å²) in [5.41, 5.74) is 13.2. The average Bonchev–Trinajstić information content (AvgIpc) is 3.69. The molecular weight excluding hydrogens is 654 g/mol. The van der Waals surface area contributed by atoms with E-state index in [0.29, 0.717) is 0 Å². The molecule has 8 aromatic carbocycles. The van der Waals surface area contributed by atoms with E-state index in [1.165, 1.54) is 76.5 Å². The third-order valence-electron chi connectivity index (χ3n) is 11.0. The van der Waals surface area contributed by atoms with Crippen LogP contribution < -0.4 is 4.90 Å². The lowest BCUT2D eigenvalue weighted by atomic mass is 9.82. The summed E-state index contributed by atoms with van der Waals surface area (Å²) in [4.78, 5) is 2.38. The van der Waals surface area contributed by atoms with E-state index in [1.807, 2.05) is 23.5 Å². The van der Waals surface area contributed by atoms with Gasteiger partial charge >= 0.3 is 0 Å². The maximum atomic E-state index is 13.7. The molecule has 1 aromatic heterocycles. The van der Waals surface area contributed by atoms with Gasteiger partial charge in [0.25, 0.3) is 0 Å². The molecular formula is C49H34FNS. The average molecular weight is 688 g/mol. The summed E-state index contributed by atoms with van der Waals surface area (Å²) in [7, 11) is 0. The van der Waals surface area contributed by atoms with Gasteiger partial charge in [0, 0.05) is 32.3 Å². The van der Waals surface area contributed by atoms with Crippen LogP contribution in [0.4, 0.5) is 21.5 Å². The molecule has 0 radical (unpaired) electrons. The summed E-state index contributed by atoms with van der Waals surface area (Å²) in [6, 6.07) is 59.9. The molecule has 248 valence electrons. The Labute approximate surface area is 306 Å². The highest BCUT2D eigenvalue weighted by Crippen LogP contribution is 2.52. The Bertz CT molecular complexity index is 2810. The van der Waals surface area contributed by atoms with Crippen molar-refractivity contribution in [2.45, 2.75) is 19.3 Å². The number of hydrogen-bond donors (Lipinski definition) is 0. The minimum atomic E-state index is -0.229. The Kier molecular flexibility index (Phi) is 6.96. The fourth-order valence-corrected chi connectivity index (χ4v) is 9.68. The fourth-order valence-electron chi connectivity index (χ4n) is 8.35. The van der Waals surface area contributed by atoms with Crippen molar-refractivity contribution >= 4 is 59.3 Å². The lowest BCUT2D eigenvalue weighted by Crippen LogP contribution is -2.14. The Morgan fingerprint density at radius 3 is 1.81 bits per heavy atom. The molecule has 0 aliphatic heterocycles. The molecule has 1 aliphatic carbocycles. The third kappa shape index (κ3) is 4.73. The van der Waals surface area contributed by atoms with Gasteiger partial charge in [-0.1, -0.05) is 141 Å². The van der Waals surface area contributed by atoms with Crippen LogP contribution in [0.15, 0.2) is 170 Å². The van der Waals surface area contributed by atoms with Crippen LogP contribution in [0.2, 0.25) is 0 Å². The van der Waals surface area contributed by atoms with Crippen LogP contribution in [0.5, 0.6) is 0 Å². The molecule has 0 bridgehead atoms. The molecule has 10 rings (SSSR count). The predicted octanol–water partition coefficient (Wildman–Crippen LogP) is 14.5. The number of fused-ring (bicyclic) bond motifs is 8. The fraction of sp³-hybridized carbons (Fsp3) is 0.0612. The summed E-state index contributed by atoms with van der Waals surface area (Å²) in [5, 5.41) is 5.08. The summed E-state index contributed by atoms with van der Waals surface area (Å²) >= 11 is 1.87. The zero-order valence-electron chi connectivity index (χ0n) is 28.9. The maximum Gasteiger partial charge on any atom is 0.123 e. The molecule has 0 saturated carbocycles. The minimum Gasteiger partial charge on any atom is -0.309 e. The molecule has 0 saturated heterocycles. The molecule has 0 fully saturated rings. The first-order chi connectivity index (χ1) is 25.5. The van der Waals surface area contributed by atoms with Crippen LogP contribution >= 0.6 is 11.3 Å². The first-order valence-electron chi connectivity index (χ1n) is 17.8. The van der Waals surface area contributed by atoms with Gasteiger partial charge < -0.3 is 4.90 Å². The van der Waals surface area contributed by atoms with Gasteiger partial charge in [-0.15, -0.1) is 11.3 Å². The number of nitrogens with zero attached hydrogens (tertiary/aromatic N) is 1. The van der Waals surface area contributed by atoms with Gasteiger partial charge in [0.1, 0.15) is 5.82 Å². The second kappa shape index (κ2) is 11.8. The van der Waals surface area contributed by atoms with E-state index in [9.17, 15) is 4.39 Å². The minimum absolute atomic E-state index is 0.0486. The van der Waals surface area contributed by atoms with Gasteiger partial charge in [-0.2, -0.15) is 0 Å². The summed E-state index contributed by atoms with van der Waals surface area (Å²) < 4.78 is 16.3. The van der Waals surface area contributed by atoms with Crippen molar-refractivity contribution in [2.75, 3.05) is 4.90 Å². The molecule has 0 spiro atoms. The number of anilines is 3. The Hall–Kier alpha value is -6.03. The number of rotatable bonds is 5. The van der Waals surface area contributed by atoms with Crippen LogP contribution in [0, 0.1) is 5.82 Å². The van der Waals surface area contributed by atoms with Gasteiger partial charge in [0.2, 0.25) is 0 Å². The van der Waals surface area contributed by atoms with Crippen molar-refractivity contribution < 1.29 is 4.39 Å². The highest BCUT2D eigenvalue weighted by Gasteiger charge is 2.36. The van der Waals surface area contributed by atoms with E-state index in [1.54, 1.807) is 0 Å². The Morgan fingerprint density at radius 2 is 1.04 bits per heavy atom. The van der Waals surface area contributed by atoms with Crippen molar-refractivity contribution in [3.05, 3.63) is 187 Å². The van der Waals surface area contributed by atoms with Gasteiger partial charge in [0.05, 0.1) is 10.4 Å². The lowest BCUT2D eigenvalue weighted by molar-refractivity contribution is 0.628. The van der Waals surface area contributed by atoms with Crippen LogP contribution in [-0.2, 0) is 5.41 Å². The molecule has 0 N–H and O–H groups in total. The van der Waals surface area contributed by atoms with Crippen LogP contribution in [-0.4, -0.2) is 0 Å². The highest BCUT2D eigenvalue weighted by atomic mass is 32.1. The number of thiophene rings is 1. The molecule has 1 heterocycles. The van der Waals surface area contributed by atoms with E-state index in [4.69, 9.17) is 0 Å². The van der Waals surface area contributed by atoms with Crippen molar-refractivity contribution in [3.63, 3.8) is 0 Å². The van der Waals surface area contributed by atoms with Gasteiger partial charge in [-0.3, -0.25) is 0 Å². The highest BCUT2D eigenvalue weighted by molar-refractivity contribution is 7.27. The molecule has 1 aliphatic rings. The van der Waals surface area contributed by atoms with Crippen LogP contribution in [0.1, 0.15) is 25.0 Å². The Morgan fingerprint density at radius 1 is 0.462 bits per heavy atom. The monoisotopic (exact) mass is 687 g/mol. The molecule has 9 aromatic rings. The molecule has 52 heavy (non-hydrogen) atoms. The smallest absolute Gasteiger partial charge is 0.123 e. The van der Waals surface area contributed by atoms with Gasteiger partial charge in [-0.05, 0) is 97.7 Å². The van der Waals surface area contributed by atoms with E-state index >= 15 is 0 Å². The van der Waals surface area contributed by atoms with E-state index in [2.05, 4.69) is 164 Å². The summed E-state index contributed by atoms with van der Waals surface area (Å²) in [5.74, 6) is -0.229. The van der Waals surface area contributed by atoms with E-state index in [-0.39, 0.29) is 11.2 Å². The number of benzene rings is 8. The third-order valence-corrected chi connectivity index (χ3v) is 12.2. The molecule has 1 nitrogen and oxygen atoms in total. The topological polar surface area (TPSA) is 3.24 Å². The quantitative estimate of drug-likeness (QED) is 0.174. The standard InChI is InChI=1S/C49H34FNS/c1-49(2)43-14-6-5-11-42(43)46-38(12-7-15-44(46)49)34-21-28-37(29-22-34)51(36-26-19-32(20-27-36)31-17-24-35(50)25-18-31)45-16-8-13-40-41-30-23-33-9-3-4-10-39(33)47(41)52-48(40)45/h3-30H,1-2H3. The summed E-state index contributed by atoms with van der Waals surface area (Å²) in [6.07, 6.45) is 0. The van der Waals surface area contributed by atoms with Crippen molar-refractivity contribution in [3.8, 4) is 33.4 Å². The van der Waals surface area contributed by atoms with E-state index < -0.39 is 0 Å². The molecule has 0 atom stereocenters. The number of halogens is 1. The Balaban J connectivity index is 1.14. The first-order valence-corrected chi connectivity index (χ1v) is 18.6. The zero-order chi connectivity index (χ0) is 35.0. The lowest BCUT2D eigenvalue weighted by Gasteiger charge is -2.26. The van der Waals surface area contributed by atoms with Crippen molar-refractivity contribution in [1.29, 1.82) is 0 Å². The normalized spacial score (nSPS) is 13.1. The van der Waals surface area contributed by atoms with Gasteiger partial charge in [0.15, 0.2) is 0 Å². The first kappa shape index (κ1) is 30.8. The van der Waals surface area contributed by atoms with Crippen molar-refractivity contribution in [2.24, 2.45) is 0 Å². The summed E-state index contributed by atoms with van der Waals surface area (Å²) in [6.45, 7) is 4.67. The van der Waals surface area contributed by atoms with Crippen molar-refractivity contribution in [1.82, 2.24) is 0 Å². The predicted molar refractivity (Wildman–Crippen MR) is 220 cm³/mol. The molecule has 0 unspecified atom stereocenters. The largest absolute Gasteiger partial charge is 0.309 e. The molecule has 0 amide bonds. The number of hydrogen-bond acceptors (Lipinski definition) is 2.